The van der Waals surface area contributed by atoms with E-state index in [4.69, 9.17) is 0 Å². The first kappa shape index (κ1) is 15.5. The zero-order valence-corrected chi connectivity index (χ0v) is 13.2. The monoisotopic (exact) mass is 316 g/mol. The third kappa shape index (κ3) is 3.07. The van der Waals surface area contributed by atoms with Crippen molar-refractivity contribution in [2.75, 3.05) is 0 Å². The maximum absolute atomic E-state index is 12.1. The molecule has 0 aromatic carbocycles. The molecule has 1 fully saturated rings. The van der Waals surface area contributed by atoms with Crippen LogP contribution in [0.1, 0.15) is 53.5 Å². The van der Waals surface area contributed by atoms with Gasteiger partial charge in [0, 0.05) is 30.9 Å². The Hall–Kier alpha value is -2.35. The van der Waals surface area contributed by atoms with Gasteiger partial charge in [0.2, 0.25) is 0 Å². The van der Waals surface area contributed by atoms with Gasteiger partial charge >= 0.3 is 0 Å². The van der Waals surface area contributed by atoms with Crippen LogP contribution in [0.15, 0.2) is 12.4 Å². The molecule has 8 nitrogen and oxygen atoms in total. The SMILES string of the molecule is CCn1c(CO)nnc1C1CC(NC(=O)c2cnc(C)nc2)C1. The van der Waals surface area contributed by atoms with Gasteiger partial charge in [-0.25, -0.2) is 9.97 Å². The Morgan fingerprint density at radius 3 is 2.65 bits per heavy atom. The predicted octanol–water partition coefficient (Wildman–Crippen LogP) is 0.565. The van der Waals surface area contributed by atoms with Gasteiger partial charge in [-0.05, 0) is 26.7 Å². The summed E-state index contributed by atoms with van der Waals surface area (Å²) in [6.07, 6.45) is 4.72. The molecule has 2 aromatic heterocycles. The van der Waals surface area contributed by atoms with Crippen molar-refractivity contribution in [3.63, 3.8) is 0 Å². The van der Waals surface area contributed by atoms with Crippen LogP contribution in [0.4, 0.5) is 0 Å². The first-order valence-corrected chi connectivity index (χ1v) is 7.74. The predicted molar refractivity (Wildman–Crippen MR) is 81.6 cm³/mol. The van der Waals surface area contributed by atoms with E-state index in [9.17, 15) is 9.90 Å². The third-order valence-corrected chi connectivity index (χ3v) is 4.20. The second-order valence-electron chi connectivity index (χ2n) is 5.73. The van der Waals surface area contributed by atoms with Crippen molar-refractivity contribution < 1.29 is 9.90 Å². The number of amides is 1. The van der Waals surface area contributed by atoms with E-state index in [1.807, 2.05) is 11.5 Å². The van der Waals surface area contributed by atoms with Gasteiger partial charge in [-0.3, -0.25) is 4.79 Å². The number of hydrogen-bond acceptors (Lipinski definition) is 6. The Balaban J connectivity index is 1.58. The number of nitrogens with one attached hydrogen (secondary N) is 1. The molecule has 0 aliphatic heterocycles. The number of aliphatic hydroxyl groups is 1. The average Bonchev–Trinajstić information content (AvgIpc) is 2.93. The quantitative estimate of drug-likeness (QED) is 0.835. The van der Waals surface area contributed by atoms with Gasteiger partial charge in [0.05, 0.1) is 5.56 Å². The van der Waals surface area contributed by atoms with Gasteiger partial charge in [0.1, 0.15) is 18.3 Å². The molecular weight excluding hydrogens is 296 g/mol. The average molecular weight is 316 g/mol. The number of aryl methyl sites for hydroxylation is 1. The highest BCUT2D eigenvalue weighted by Gasteiger charge is 2.35. The smallest absolute Gasteiger partial charge is 0.254 e. The first-order valence-electron chi connectivity index (χ1n) is 7.74. The van der Waals surface area contributed by atoms with Crippen LogP contribution in [0.25, 0.3) is 0 Å². The summed E-state index contributed by atoms with van der Waals surface area (Å²) in [5.41, 5.74) is 0.471. The van der Waals surface area contributed by atoms with E-state index >= 15 is 0 Å². The lowest BCUT2D eigenvalue weighted by Gasteiger charge is -2.35. The minimum absolute atomic E-state index is 0.110. The largest absolute Gasteiger partial charge is 0.388 e. The van der Waals surface area contributed by atoms with Gasteiger partial charge < -0.3 is 15.0 Å². The molecular formula is C15H20N6O2. The molecule has 0 unspecified atom stereocenters. The van der Waals surface area contributed by atoms with Crippen molar-refractivity contribution in [2.45, 2.75) is 51.8 Å². The van der Waals surface area contributed by atoms with Crippen molar-refractivity contribution in [1.29, 1.82) is 0 Å². The van der Waals surface area contributed by atoms with E-state index in [0.29, 0.717) is 17.2 Å². The summed E-state index contributed by atoms with van der Waals surface area (Å²) in [5.74, 6) is 2.24. The molecule has 0 atom stereocenters. The van der Waals surface area contributed by atoms with Crippen LogP contribution >= 0.6 is 0 Å². The highest BCUT2D eigenvalue weighted by molar-refractivity contribution is 5.93. The minimum Gasteiger partial charge on any atom is -0.388 e. The van der Waals surface area contributed by atoms with Crippen molar-refractivity contribution in [3.8, 4) is 0 Å². The summed E-state index contributed by atoms with van der Waals surface area (Å²) < 4.78 is 1.94. The Kier molecular flexibility index (Phi) is 4.33. The van der Waals surface area contributed by atoms with Gasteiger partial charge in [0.25, 0.3) is 5.91 Å². The molecule has 1 amide bonds. The molecule has 0 bridgehead atoms. The molecule has 0 radical (unpaired) electrons. The van der Waals surface area contributed by atoms with E-state index in [0.717, 1.165) is 25.2 Å². The number of aromatic nitrogens is 5. The molecule has 3 rings (SSSR count). The molecule has 8 heteroatoms. The summed E-state index contributed by atoms with van der Waals surface area (Å²) in [7, 11) is 0. The van der Waals surface area contributed by atoms with Crippen LogP contribution in [-0.4, -0.2) is 41.8 Å². The second-order valence-corrected chi connectivity index (χ2v) is 5.73. The topological polar surface area (TPSA) is 106 Å². The summed E-state index contributed by atoms with van der Waals surface area (Å²) in [5, 5.41) is 20.4. The van der Waals surface area contributed by atoms with Crippen molar-refractivity contribution in [2.24, 2.45) is 0 Å². The molecule has 1 aliphatic rings. The number of nitrogens with zero attached hydrogens (tertiary/aromatic N) is 5. The lowest BCUT2D eigenvalue weighted by atomic mass is 9.79. The fourth-order valence-corrected chi connectivity index (χ4v) is 2.84. The first-order chi connectivity index (χ1) is 11.1. The fourth-order valence-electron chi connectivity index (χ4n) is 2.84. The molecule has 1 aliphatic carbocycles. The lowest BCUT2D eigenvalue weighted by molar-refractivity contribution is 0.0906. The van der Waals surface area contributed by atoms with Crippen LogP contribution < -0.4 is 5.32 Å². The molecule has 122 valence electrons. The normalized spacial score (nSPS) is 20.1. The Morgan fingerprint density at radius 2 is 2.04 bits per heavy atom. The maximum atomic E-state index is 12.1. The zero-order valence-electron chi connectivity index (χ0n) is 13.2. The molecule has 2 heterocycles. The van der Waals surface area contributed by atoms with Crippen LogP contribution in [0.5, 0.6) is 0 Å². The lowest BCUT2D eigenvalue weighted by Crippen LogP contribution is -2.44. The number of carbonyl (C=O) groups excluding carboxylic acids is 1. The fraction of sp³-hybridized carbons (Fsp3) is 0.533. The maximum Gasteiger partial charge on any atom is 0.254 e. The Labute approximate surface area is 134 Å². The summed E-state index contributed by atoms with van der Waals surface area (Å²) in [6.45, 7) is 4.40. The van der Waals surface area contributed by atoms with Crippen LogP contribution in [-0.2, 0) is 13.2 Å². The van der Waals surface area contributed by atoms with Crippen molar-refractivity contribution >= 4 is 5.91 Å². The second kappa shape index (κ2) is 6.41. The van der Waals surface area contributed by atoms with Crippen LogP contribution in [0.3, 0.4) is 0 Å². The van der Waals surface area contributed by atoms with E-state index in [1.165, 1.54) is 12.4 Å². The Bertz CT molecular complexity index is 690. The highest BCUT2D eigenvalue weighted by atomic mass is 16.3. The number of aliphatic hydroxyl groups excluding tert-OH is 1. The zero-order chi connectivity index (χ0) is 16.4. The number of carbonyl (C=O) groups is 1. The van der Waals surface area contributed by atoms with E-state index in [-0.39, 0.29) is 24.5 Å². The standard InChI is InChI=1S/C15H20N6O2/c1-3-21-13(8-22)19-20-14(21)10-4-12(5-10)18-15(23)11-6-16-9(2)17-7-11/h6-7,10,12,22H,3-5,8H2,1-2H3,(H,18,23). The molecule has 1 saturated carbocycles. The van der Waals surface area contributed by atoms with E-state index in [1.54, 1.807) is 6.92 Å². The van der Waals surface area contributed by atoms with E-state index < -0.39 is 0 Å². The Morgan fingerprint density at radius 1 is 1.35 bits per heavy atom. The minimum atomic E-state index is -0.151. The summed E-state index contributed by atoms with van der Waals surface area (Å²) >= 11 is 0. The summed E-state index contributed by atoms with van der Waals surface area (Å²) in [6, 6.07) is 0.119. The third-order valence-electron chi connectivity index (χ3n) is 4.20. The number of hydrogen-bond donors (Lipinski definition) is 2. The molecule has 23 heavy (non-hydrogen) atoms. The van der Waals surface area contributed by atoms with Gasteiger partial charge in [-0.1, -0.05) is 0 Å². The van der Waals surface area contributed by atoms with Crippen molar-refractivity contribution in [1.82, 2.24) is 30.0 Å². The van der Waals surface area contributed by atoms with Crippen LogP contribution in [0.2, 0.25) is 0 Å². The summed E-state index contributed by atoms with van der Waals surface area (Å²) in [4.78, 5) is 20.2. The highest BCUT2D eigenvalue weighted by Crippen LogP contribution is 2.36. The van der Waals surface area contributed by atoms with Gasteiger partial charge in [0.15, 0.2) is 5.82 Å². The van der Waals surface area contributed by atoms with E-state index in [2.05, 4.69) is 25.5 Å². The van der Waals surface area contributed by atoms with Gasteiger partial charge in [-0.15, -0.1) is 10.2 Å². The molecule has 0 spiro atoms. The van der Waals surface area contributed by atoms with Crippen molar-refractivity contribution in [3.05, 3.63) is 35.4 Å². The number of rotatable bonds is 5. The molecule has 2 N–H and O–H groups in total. The van der Waals surface area contributed by atoms with Gasteiger partial charge in [-0.2, -0.15) is 0 Å². The molecule has 2 aromatic rings. The van der Waals surface area contributed by atoms with Crippen LogP contribution in [0, 0.1) is 6.92 Å². The molecule has 0 saturated heterocycles.